The summed E-state index contributed by atoms with van der Waals surface area (Å²) in [6.07, 6.45) is 0.538. The lowest BCUT2D eigenvalue weighted by atomic mass is 10.0. The maximum absolute atomic E-state index is 13.9. The van der Waals surface area contributed by atoms with Crippen LogP contribution in [0, 0.1) is 5.82 Å². The Labute approximate surface area is 123 Å². The molecule has 1 aromatic rings. The van der Waals surface area contributed by atoms with Crippen LogP contribution in [0.4, 0.5) is 4.39 Å². The highest BCUT2D eigenvalue weighted by molar-refractivity contribution is 9.10. The number of nitrogens with zero attached hydrogens (tertiary/aromatic N) is 1. The zero-order valence-corrected chi connectivity index (χ0v) is 13.4. The van der Waals surface area contributed by atoms with Crippen molar-refractivity contribution in [3.05, 3.63) is 28.0 Å². The molecule has 3 nitrogen and oxygen atoms in total. The van der Waals surface area contributed by atoms with Crippen LogP contribution in [0.15, 0.2) is 21.0 Å². The summed E-state index contributed by atoms with van der Waals surface area (Å²) >= 11 is 3.12. The molecule has 0 spiro atoms. The highest BCUT2D eigenvalue weighted by atomic mass is 79.9. The molecule has 0 amide bonds. The smallest absolute Gasteiger partial charge is 0.179 e. The van der Waals surface area contributed by atoms with E-state index in [4.69, 9.17) is 4.74 Å². The van der Waals surface area contributed by atoms with Gasteiger partial charge in [-0.1, -0.05) is 0 Å². The second-order valence-corrected chi connectivity index (χ2v) is 8.00. The van der Waals surface area contributed by atoms with Crippen molar-refractivity contribution in [2.45, 2.75) is 31.9 Å². The highest BCUT2D eigenvalue weighted by Crippen LogP contribution is 2.33. The van der Waals surface area contributed by atoms with E-state index in [1.54, 1.807) is 12.1 Å². The molecule has 0 bridgehead atoms. The third-order valence-electron chi connectivity index (χ3n) is 2.66. The molecule has 6 heteroatoms. The molecule has 0 unspecified atom stereocenters. The summed E-state index contributed by atoms with van der Waals surface area (Å²) in [5, 5.41) is 0. The summed E-state index contributed by atoms with van der Waals surface area (Å²) in [5.41, 5.74) is 1.23. The molecule has 1 aromatic carbocycles. The SMILES string of the molecule is CC(C)(C)[S@](=O)/N=C1\CCOc2c1ccc(Br)c2F. The van der Waals surface area contributed by atoms with Gasteiger partial charge in [-0.25, -0.2) is 8.60 Å². The Morgan fingerprint density at radius 3 is 2.74 bits per heavy atom. The highest BCUT2D eigenvalue weighted by Gasteiger charge is 2.25. The molecule has 0 saturated heterocycles. The van der Waals surface area contributed by atoms with Crippen LogP contribution in [0.2, 0.25) is 0 Å². The lowest BCUT2D eigenvalue weighted by Gasteiger charge is -2.21. The molecular weight excluding hydrogens is 333 g/mol. The lowest BCUT2D eigenvalue weighted by molar-refractivity contribution is 0.302. The number of rotatable bonds is 1. The minimum absolute atomic E-state index is 0.185. The van der Waals surface area contributed by atoms with Crippen molar-refractivity contribution in [1.29, 1.82) is 0 Å². The van der Waals surface area contributed by atoms with E-state index >= 15 is 0 Å². The van der Waals surface area contributed by atoms with Crippen molar-refractivity contribution in [2.24, 2.45) is 4.40 Å². The maximum atomic E-state index is 13.9. The average Bonchev–Trinajstić information content (AvgIpc) is 2.33. The van der Waals surface area contributed by atoms with Crippen LogP contribution >= 0.6 is 15.9 Å². The fourth-order valence-electron chi connectivity index (χ4n) is 1.62. The van der Waals surface area contributed by atoms with Crippen molar-refractivity contribution in [3.63, 3.8) is 0 Å². The van der Waals surface area contributed by atoms with Crippen LogP contribution in [0.5, 0.6) is 5.75 Å². The fourth-order valence-corrected chi connectivity index (χ4v) is 2.59. The normalized spacial score (nSPS) is 18.9. The number of benzene rings is 1. The minimum atomic E-state index is -1.36. The quantitative estimate of drug-likeness (QED) is 0.778. The molecule has 0 saturated carbocycles. The van der Waals surface area contributed by atoms with Gasteiger partial charge < -0.3 is 4.74 Å². The molecule has 104 valence electrons. The molecule has 1 atom stereocenters. The van der Waals surface area contributed by atoms with Gasteiger partial charge in [0, 0.05) is 12.0 Å². The van der Waals surface area contributed by atoms with Gasteiger partial charge in [0.15, 0.2) is 11.6 Å². The molecule has 2 rings (SSSR count). The first-order valence-electron chi connectivity index (χ1n) is 5.91. The molecular formula is C13H15BrFNO2S. The van der Waals surface area contributed by atoms with Crippen LogP contribution < -0.4 is 4.74 Å². The van der Waals surface area contributed by atoms with E-state index in [2.05, 4.69) is 20.3 Å². The zero-order chi connectivity index (χ0) is 14.2. The predicted molar refractivity (Wildman–Crippen MR) is 78.6 cm³/mol. The first-order valence-corrected chi connectivity index (χ1v) is 7.81. The minimum Gasteiger partial charge on any atom is -0.489 e. The summed E-state index contributed by atoms with van der Waals surface area (Å²) in [4.78, 5) is 0. The van der Waals surface area contributed by atoms with Gasteiger partial charge >= 0.3 is 0 Å². The third-order valence-corrected chi connectivity index (χ3v) is 4.71. The van der Waals surface area contributed by atoms with Crippen molar-refractivity contribution in [2.75, 3.05) is 6.61 Å². The number of ether oxygens (including phenoxy) is 1. The topological polar surface area (TPSA) is 38.7 Å². The monoisotopic (exact) mass is 347 g/mol. The number of hydrogen-bond donors (Lipinski definition) is 0. The second-order valence-electron chi connectivity index (χ2n) is 5.24. The summed E-state index contributed by atoms with van der Waals surface area (Å²) in [6, 6.07) is 3.35. The zero-order valence-electron chi connectivity index (χ0n) is 11.0. The molecule has 1 aliphatic rings. The van der Waals surface area contributed by atoms with E-state index in [9.17, 15) is 8.60 Å². The van der Waals surface area contributed by atoms with Crippen LogP contribution in [-0.4, -0.2) is 21.3 Å². The summed E-state index contributed by atoms with van der Waals surface area (Å²) < 4.78 is 35.5. The summed E-state index contributed by atoms with van der Waals surface area (Å²) in [6.45, 7) is 5.92. The largest absolute Gasteiger partial charge is 0.489 e. The molecule has 1 heterocycles. The van der Waals surface area contributed by atoms with E-state index in [0.29, 0.717) is 28.8 Å². The molecule has 0 N–H and O–H groups in total. The van der Waals surface area contributed by atoms with Gasteiger partial charge in [0.05, 0.1) is 21.5 Å². The first kappa shape index (κ1) is 14.7. The molecule has 0 aliphatic carbocycles. The Bertz CT molecular complexity index is 566. The van der Waals surface area contributed by atoms with E-state index < -0.39 is 21.5 Å². The van der Waals surface area contributed by atoms with Gasteiger partial charge in [-0.05, 0) is 48.8 Å². The van der Waals surface area contributed by atoms with Crippen LogP contribution in [0.3, 0.4) is 0 Å². The average molecular weight is 348 g/mol. The second kappa shape index (κ2) is 5.32. The number of fused-ring (bicyclic) bond motifs is 1. The van der Waals surface area contributed by atoms with Crippen molar-refractivity contribution >= 4 is 32.6 Å². The third kappa shape index (κ3) is 3.05. The van der Waals surface area contributed by atoms with Gasteiger partial charge in [-0.2, -0.15) is 4.40 Å². The predicted octanol–water partition coefficient (Wildman–Crippen LogP) is 3.62. The lowest BCUT2D eigenvalue weighted by Crippen LogP contribution is -2.23. The Morgan fingerprint density at radius 1 is 1.42 bits per heavy atom. The van der Waals surface area contributed by atoms with Gasteiger partial charge in [0.2, 0.25) is 0 Å². The molecule has 1 aliphatic heterocycles. The van der Waals surface area contributed by atoms with E-state index in [-0.39, 0.29) is 5.75 Å². The van der Waals surface area contributed by atoms with Crippen molar-refractivity contribution < 1.29 is 13.3 Å². The van der Waals surface area contributed by atoms with Crippen molar-refractivity contribution in [3.8, 4) is 5.75 Å². The molecule has 0 fully saturated rings. The maximum Gasteiger partial charge on any atom is 0.179 e. The molecule has 0 aromatic heterocycles. The fraction of sp³-hybridized carbons (Fsp3) is 0.462. The first-order chi connectivity index (χ1) is 8.80. The van der Waals surface area contributed by atoms with Crippen LogP contribution in [0.1, 0.15) is 32.8 Å². The van der Waals surface area contributed by atoms with Gasteiger partial charge in [-0.15, -0.1) is 0 Å². The summed E-state index contributed by atoms with van der Waals surface area (Å²) in [5.74, 6) is -0.253. The van der Waals surface area contributed by atoms with Crippen molar-refractivity contribution in [1.82, 2.24) is 0 Å². The van der Waals surface area contributed by atoms with Gasteiger partial charge in [0.1, 0.15) is 11.0 Å². The Hall–Kier alpha value is -0.750. The molecule has 0 radical (unpaired) electrons. The van der Waals surface area contributed by atoms with E-state index in [1.165, 1.54) is 0 Å². The molecule has 19 heavy (non-hydrogen) atoms. The van der Waals surface area contributed by atoms with E-state index in [0.717, 1.165) is 0 Å². The Morgan fingerprint density at radius 2 is 2.11 bits per heavy atom. The van der Waals surface area contributed by atoms with Gasteiger partial charge in [-0.3, -0.25) is 0 Å². The Balaban J connectivity index is 2.47. The van der Waals surface area contributed by atoms with Gasteiger partial charge in [0.25, 0.3) is 0 Å². The van der Waals surface area contributed by atoms with Crippen LogP contribution in [-0.2, 0) is 11.0 Å². The number of halogens is 2. The number of hydrogen-bond acceptors (Lipinski definition) is 2. The standard InChI is InChI=1S/C13H15BrFNO2S/c1-13(2,3)19(17)16-10-6-7-18-12-8(10)4-5-9(14)11(12)15/h4-5H,6-7H2,1-3H3/b16-10+/t19-/m0/s1. The Kier molecular flexibility index (Phi) is 4.11. The van der Waals surface area contributed by atoms with E-state index in [1.807, 2.05) is 20.8 Å². The van der Waals surface area contributed by atoms with Crippen LogP contribution in [0.25, 0.3) is 0 Å². The summed E-state index contributed by atoms with van der Waals surface area (Å²) in [7, 11) is -1.36.